The van der Waals surface area contributed by atoms with Gasteiger partial charge >= 0.3 is 0 Å². The Morgan fingerprint density at radius 2 is 2.06 bits per heavy atom. The molecule has 1 aliphatic rings. The third kappa shape index (κ3) is 4.11. The van der Waals surface area contributed by atoms with E-state index in [1.807, 2.05) is 6.07 Å². The van der Waals surface area contributed by atoms with Crippen LogP contribution in [0.4, 0.5) is 0 Å². The van der Waals surface area contributed by atoms with Gasteiger partial charge in [0.15, 0.2) is 0 Å². The summed E-state index contributed by atoms with van der Waals surface area (Å²) in [5, 5.41) is 3.60. The molecule has 0 radical (unpaired) electrons. The molecule has 1 aliphatic carbocycles. The van der Waals surface area contributed by atoms with E-state index >= 15 is 0 Å². The van der Waals surface area contributed by atoms with Gasteiger partial charge in [-0.15, -0.1) is 0 Å². The van der Waals surface area contributed by atoms with E-state index in [4.69, 9.17) is 4.74 Å². The van der Waals surface area contributed by atoms with Gasteiger partial charge in [-0.25, -0.2) is 0 Å². The van der Waals surface area contributed by atoms with Gasteiger partial charge < -0.3 is 10.1 Å². The molecular formula is C16H25NO. The number of rotatable bonds is 7. The summed E-state index contributed by atoms with van der Waals surface area (Å²) >= 11 is 0. The maximum absolute atomic E-state index is 5.78. The molecule has 100 valence electrons. The van der Waals surface area contributed by atoms with Gasteiger partial charge in [-0.1, -0.05) is 43.7 Å². The second-order valence-electron chi connectivity index (χ2n) is 5.18. The third-order valence-electron chi connectivity index (χ3n) is 3.87. The second kappa shape index (κ2) is 7.55. The lowest BCUT2D eigenvalue weighted by Gasteiger charge is -2.20. The molecule has 0 aromatic heterocycles. The van der Waals surface area contributed by atoms with E-state index in [1.54, 1.807) is 0 Å². The molecule has 1 fully saturated rings. The van der Waals surface area contributed by atoms with E-state index < -0.39 is 0 Å². The Morgan fingerprint density at radius 3 is 2.83 bits per heavy atom. The molecule has 2 heteroatoms. The van der Waals surface area contributed by atoms with E-state index in [9.17, 15) is 0 Å². The average molecular weight is 247 g/mol. The van der Waals surface area contributed by atoms with Crippen LogP contribution >= 0.6 is 0 Å². The summed E-state index contributed by atoms with van der Waals surface area (Å²) in [5.41, 5.74) is 1.27. The molecule has 1 saturated carbocycles. The van der Waals surface area contributed by atoms with Crippen molar-refractivity contribution in [2.24, 2.45) is 5.92 Å². The number of benzene rings is 1. The van der Waals surface area contributed by atoms with E-state index in [0.29, 0.717) is 0 Å². The third-order valence-corrected chi connectivity index (χ3v) is 3.87. The van der Waals surface area contributed by atoms with Gasteiger partial charge in [0.05, 0.1) is 6.61 Å². The summed E-state index contributed by atoms with van der Waals surface area (Å²) in [4.78, 5) is 0. The van der Waals surface area contributed by atoms with Crippen LogP contribution in [-0.2, 0) is 11.3 Å². The maximum Gasteiger partial charge on any atom is 0.0716 e. The van der Waals surface area contributed by atoms with Crippen LogP contribution < -0.4 is 5.32 Å². The summed E-state index contributed by atoms with van der Waals surface area (Å²) in [7, 11) is 0. The Morgan fingerprint density at radius 1 is 1.22 bits per heavy atom. The van der Waals surface area contributed by atoms with Crippen molar-refractivity contribution in [1.29, 1.82) is 0 Å². The Labute approximate surface area is 111 Å². The van der Waals surface area contributed by atoms with E-state index in [1.165, 1.54) is 31.2 Å². The van der Waals surface area contributed by atoms with Crippen molar-refractivity contribution in [3.8, 4) is 0 Å². The predicted molar refractivity (Wildman–Crippen MR) is 75.5 cm³/mol. The lowest BCUT2D eigenvalue weighted by molar-refractivity contribution is 0.104. The van der Waals surface area contributed by atoms with Crippen LogP contribution in [0.3, 0.4) is 0 Å². The van der Waals surface area contributed by atoms with E-state index in [0.717, 1.165) is 31.7 Å². The highest BCUT2D eigenvalue weighted by molar-refractivity contribution is 5.13. The number of hydrogen-bond acceptors (Lipinski definition) is 2. The highest BCUT2D eigenvalue weighted by Gasteiger charge is 2.25. The van der Waals surface area contributed by atoms with Crippen molar-refractivity contribution < 1.29 is 4.74 Å². The highest BCUT2D eigenvalue weighted by Crippen LogP contribution is 2.28. The zero-order valence-corrected chi connectivity index (χ0v) is 11.4. The monoisotopic (exact) mass is 247 g/mol. The van der Waals surface area contributed by atoms with Crippen LogP contribution in [0.25, 0.3) is 0 Å². The fourth-order valence-electron chi connectivity index (χ4n) is 2.91. The molecule has 1 N–H and O–H groups in total. The zero-order valence-electron chi connectivity index (χ0n) is 11.4. The lowest BCUT2D eigenvalue weighted by atomic mass is 10.00. The molecule has 18 heavy (non-hydrogen) atoms. The smallest absolute Gasteiger partial charge is 0.0716 e. The van der Waals surface area contributed by atoms with Crippen LogP contribution in [0.15, 0.2) is 30.3 Å². The first-order valence-corrected chi connectivity index (χ1v) is 7.25. The number of nitrogens with one attached hydrogen (secondary N) is 1. The SMILES string of the molecule is CCNC1CCCC1CCOCc1ccccc1. The van der Waals surface area contributed by atoms with Crippen molar-refractivity contribution in [2.45, 2.75) is 45.3 Å². The molecule has 2 rings (SSSR count). The molecular weight excluding hydrogens is 222 g/mol. The van der Waals surface area contributed by atoms with Crippen LogP contribution in [-0.4, -0.2) is 19.2 Å². The standard InChI is InChI=1S/C16H25NO/c1-2-17-16-10-6-9-15(16)11-12-18-13-14-7-4-3-5-8-14/h3-5,7-8,15-17H,2,6,9-13H2,1H3. The van der Waals surface area contributed by atoms with Crippen LogP contribution in [0.1, 0.15) is 38.2 Å². The van der Waals surface area contributed by atoms with Crippen molar-refractivity contribution in [1.82, 2.24) is 5.32 Å². The average Bonchev–Trinajstić information content (AvgIpc) is 2.84. The largest absolute Gasteiger partial charge is 0.377 e. The van der Waals surface area contributed by atoms with Crippen LogP contribution in [0.5, 0.6) is 0 Å². The van der Waals surface area contributed by atoms with Crippen LogP contribution in [0, 0.1) is 5.92 Å². The van der Waals surface area contributed by atoms with Gasteiger partial charge in [0.25, 0.3) is 0 Å². The molecule has 0 spiro atoms. The van der Waals surface area contributed by atoms with Crippen LogP contribution in [0.2, 0.25) is 0 Å². The Bertz CT molecular complexity index is 325. The summed E-state index contributed by atoms with van der Waals surface area (Å²) in [6, 6.07) is 11.2. The van der Waals surface area contributed by atoms with E-state index in [2.05, 4.69) is 36.5 Å². The normalized spacial score (nSPS) is 23.4. The van der Waals surface area contributed by atoms with Gasteiger partial charge in [-0.05, 0) is 37.3 Å². The summed E-state index contributed by atoms with van der Waals surface area (Å²) in [5.74, 6) is 0.820. The minimum atomic E-state index is 0.732. The van der Waals surface area contributed by atoms with Gasteiger partial charge in [-0.2, -0.15) is 0 Å². The second-order valence-corrected chi connectivity index (χ2v) is 5.18. The van der Waals surface area contributed by atoms with E-state index in [-0.39, 0.29) is 0 Å². The quantitative estimate of drug-likeness (QED) is 0.746. The summed E-state index contributed by atoms with van der Waals surface area (Å²) < 4.78 is 5.78. The number of hydrogen-bond donors (Lipinski definition) is 1. The molecule has 1 aromatic rings. The molecule has 0 aliphatic heterocycles. The Kier molecular flexibility index (Phi) is 5.69. The Balaban J connectivity index is 1.63. The Hall–Kier alpha value is -0.860. The molecule has 0 heterocycles. The van der Waals surface area contributed by atoms with Gasteiger partial charge in [0, 0.05) is 12.6 Å². The summed E-state index contributed by atoms with van der Waals surface area (Å²) in [6.45, 7) is 4.92. The first-order valence-electron chi connectivity index (χ1n) is 7.25. The minimum absolute atomic E-state index is 0.732. The fourth-order valence-corrected chi connectivity index (χ4v) is 2.91. The zero-order chi connectivity index (χ0) is 12.6. The molecule has 2 nitrogen and oxygen atoms in total. The predicted octanol–water partition coefficient (Wildman–Crippen LogP) is 3.37. The molecule has 2 unspecified atom stereocenters. The topological polar surface area (TPSA) is 21.3 Å². The first kappa shape index (κ1) is 13.6. The molecule has 1 aromatic carbocycles. The van der Waals surface area contributed by atoms with Gasteiger partial charge in [0.2, 0.25) is 0 Å². The number of ether oxygens (including phenoxy) is 1. The first-order chi connectivity index (χ1) is 8.90. The fraction of sp³-hybridized carbons (Fsp3) is 0.625. The molecule has 0 saturated heterocycles. The maximum atomic E-state index is 5.78. The molecule has 0 amide bonds. The lowest BCUT2D eigenvalue weighted by Crippen LogP contribution is -2.32. The summed E-state index contributed by atoms with van der Waals surface area (Å²) in [6.07, 6.45) is 5.29. The highest BCUT2D eigenvalue weighted by atomic mass is 16.5. The minimum Gasteiger partial charge on any atom is -0.377 e. The van der Waals surface area contributed by atoms with Gasteiger partial charge in [-0.3, -0.25) is 0 Å². The molecule has 0 bridgehead atoms. The van der Waals surface area contributed by atoms with Gasteiger partial charge in [0.1, 0.15) is 0 Å². The molecule has 2 atom stereocenters. The van der Waals surface area contributed by atoms with Crippen molar-refractivity contribution in [3.63, 3.8) is 0 Å². The van der Waals surface area contributed by atoms with Crippen molar-refractivity contribution in [3.05, 3.63) is 35.9 Å². The van der Waals surface area contributed by atoms with Crippen molar-refractivity contribution >= 4 is 0 Å². The van der Waals surface area contributed by atoms with Crippen molar-refractivity contribution in [2.75, 3.05) is 13.2 Å².